The maximum atomic E-state index is 6.20. The summed E-state index contributed by atoms with van der Waals surface area (Å²) in [6.45, 7) is 2.17. The first-order chi connectivity index (χ1) is 8.81. The maximum absolute atomic E-state index is 6.20. The second-order valence-electron chi connectivity index (χ2n) is 3.99. The molecular weight excluding hydrogens is 262 g/mol. The Morgan fingerprint density at radius 1 is 1.33 bits per heavy atom. The Morgan fingerprint density at radius 3 is 2.83 bits per heavy atom. The van der Waals surface area contributed by atoms with Crippen LogP contribution in [-0.4, -0.2) is 0 Å². The van der Waals surface area contributed by atoms with E-state index in [2.05, 4.69) is 24.4 Å². The van der Waals surface area contributed by atoms with Gasteiger partial charge in [-0.15, -0.1) is 22.7 Å². The Hall–Kier alpha value is -1.52. The number of hydrogen-bond donors (Lipinski definition) is 1. The Bertz CT molecular complexity index is 636. The Balaban J connectivity index is 2.22. The third-order valence-corrected chi connectivity index (χ3v) is 5.05. The number of nitrogens with two attached hydrogens (primary N) is 1. The molecule has 0 atom stereocenters. The molecule has 0 aliphatic carbocycles. The molecule has 0 saturated carbocycles. The quantitative estimate of drug-likeness (QED) is 0.739. The highest BCUT2D eigenvalue weighted by atomic mass is 32.1. The van der Waals surface area contributed by atoms with Gasteiger partial charge in [0.2, 0.25) is 0 Å². The maximum Gasteiger partial charge on any atom is 0.0982 e. The number of anilines is 1. The molecule has 3 aromatic heterocycles. The van der Waals surface area contributed by atoms with Crippen molar-refractivity contribution in [1.29, 1.82) is 0 Å². The number of furan rings is 1. The zero-order valence-electron chi connectivity index (χ0n) is 9.97. The van der Waals surface area contributed by atoms with Crippen LogP contribution in [0.4, 0.5) is 5.00 Å². The van der Waals surface area contributed by atoms with Crippen molar-refractivity contribution in [2.45, 2.75) is 13.3 Å². The van der Waals surface area contributed by atoms with Crippen molar-refractivity contribution in [2.75, 3.05) is 5.73 Å². The van der Waals surface area contributed by atoms with Gasteiger partial charge in [0.15, 0.2) is 0 Å². The molecule has 0 saturated heterocycles. The van der Waals surface area contributed by atoms with Crippen LogP contribution in [0.5, 0.6) is 0 Å². The minimum absolute atomic E-state index is 0.872. The van der Waals surface area contributed by atoms with Crippen LogP contribution in [0.1, 0.15) is 12.5 Å². The predicted octanol–water partition coefficient (Wildman–Crippen LogP) is 4.88. The van der Waals surface area contributed by atoms with E-state index < -0.39 is 0 Å². The fourth-order valence-corrected chi connectivity index (χ4v) is 4.21. The molecule has 0 bridgehead atoms. The fourth-order valence-electron chi connectivity index (χ4n) is 2.15. The van der Waals surface area contributed by atoms with Crippen LogP contribution in [0.15, 0.2) is 40.5 Å². The second-order valence-corrected chi connectivity index (χ2v) is 5.99. The lowest BCUT2D eigenvalue weighted by atomic mass is 10.0. The summed E-state index contributed by atoms with van der Waals surface area (Å²) in [5, 5.41) is 2.97. The summed E-state index contributed by atoms with van der Waals surface area (Å²) < 4.78 is 5.18. The molecule has 0 aromatic carbocycles. The van der Waals surface area contributed by atoms with E-state index in [1.54, 1.807) is 35.2 Å². The molecule has 0 radical (unpaired) electrons. The van der Waals surface area contributed by atoms with Crippen molar-refractivity contribution in [3.05, 3.63) is 41.7 Å². The van der Waals surface area contributed by atoms with E-state index in [-0.39, 0.29) is 0 Å². The Morgan fingerprint density at radius 2 is 2.22 bits per heavy atom. The second kappa shape index (κ2) is 4.63. The molecule has 2 nitrogen and oxygen atoms in total. The molecule has 0 unspecified atom stereocenters. The van der Waals surface area contributed by atoms with Gasteiger partial charge in [0, 0.05) is 16.0 Å². The lowest BCUT2D eigenvalue weighted by molar-refractivity contribution is 0.568. The van der Waals surface area contributed by atoms with Crippen LogP contribution in [0.3, 0.4) is 0 Å². The van der Waals surface area contributed by atoms with Crippen molar-refractivity contribution in [2.24, 2.45) is 0 Å². The molecule has 92 valence electrons. The normalized spacial score (nSPS) is 10.9. The van der Waals surface area contributed by atoms with Crippen LogP contribution in [0, 0.1) is 0 Å². The van der Waals surface area contributed by atoms with E-state index in [0.717, 1.165) is 22.5 Å². The summed E-state index contributed by atoms with van der Waals surface area (Å²) in [6.07, 6.45) is 4.42. The molecular formula is C14H13NOS2. The molecule has 2 N–H and O–H groups in total. The van der Waals surface area contributed by atoms with Gasteiger partial charge in [-0.1, -0.05) is 13.0 Å². The van der Waals surface area contributed by atoms with E-state index in [1.165, 1.54) is 15.3 Å². The minimum atomic E-state index is 0.872. The topological polar surface area (TPSA) is 39.2 Å². The zero-order chi connectivity index (χ0) is 12.5. The number of hydrogen-bond acceptors (Lipinski definition) is 4. The highest BCUT2D eigenvalue weighted by Gasteiger charge is 2.18. The van der Waals surface area contributed by atoms with Crippen LogP contribution >= 0.6 is 22.7 Å². The van der Waals surface area contributed by atoms with Crippen LogP contribution in [-0.2, 0) is 6.42 Å². The van der Waals surface area contributed by atoms with Gasteiger partial charge in [0.05, 0.1) is 22.4 Å². The summed E-state index contributed by atoms with van der Waals surface area (Å²) in [4.78, 5) is 2.58. The average molecular weight is 275 g/mol. The molecule has 3 rings (SSSR count). The van der Waals surface area contributed by atoms with Gasteiger partial charge >= 0.3 is 0 Å². The number of nitrogen functional groups attached to an aromatic ring is 1. The molecule has 0 aliphatic heterocycles. The highest BCUT2D eigenvalue weighted by Crippen LogP contribution is 2.45. The van der Waals surface area contributed by atoms with Crippen molar-refractivity contribution < 1.29 is 4.42 Å². The first kappa shape index (κ1) is 11.6. The monoisotopic (exact) mass is 275 g/mol. The van der Waals surface area contributed by atoms with Gasteiger partial charge in [-0.05, 0) is 29.5 Å². The summed E-state index contributed by atoms with van der Waals surface area (Å²) in [7, 11) is 0. The zero-order valence-corrected chi connectivity index (χ0v) is 11.6. The first-order valence-corrected chi connectivity index (χ1v) is 7.48. The summed E-state index contributed by atoms with van der Waals surface area (Å²) >= 11 is 3.42. The van der Waals surface area contributed by atoms with Gasteiger partial charge in [-0.2, -0.15) is 0 Å². The van der Waals surface area contributed by atoms with Gasteiger partial charge < -0.3 is 10.2 Å². The predicted molar refractivity (Wildman–Crippen MR) is 79.1 cm³/mol. The van der Waals surface area contributed by atoms with Gasteiger partial charge in [0.1, 0.15) is 0 Å². The third-order valence-electron chi connectivity index (χ3n) is 2.94. The molecule has 18 heavy (non-hydrogen) atoms. The van der Waals surface area contributed by atoms with Crippen molar-refractivity contribution in [1.82, 2.24) is 0 Å². The lowest BCUT2D eigenvalue weighted by Crippen LogP contribution is -1.87. The highest BCUT2D eigenvalue weighted by molar-refractivity contribution is 7.24. The smallest absolute Gasteiger partial charge is 0.0982 e. The van der Waals surface area contributed by atoms with Gasteiger partial charge in [-0.25, -0.2) is 0 Å². The largest absolute Gasteiger partial charge is 0.472 e. The average Bonchev–Trinajstić information content (AvgIpc) is 3.08. The minimum Gasteiger partial charge on any atom is -0.472 e. The van der Waals surface area contributed by atoms with Crippen LogP contribution in [0.25, 0.3) is 20.9 Å². The summed E-state index contributed by atoms with van der Waals surface area (Å²) in [6, 6.07) is 6.19. The molecule has 0 aliphatic rings. The van der Waals surface area contributed by atoms with E-state index >= 15 is 0 Å². The molecule has 3 heterocycles. The number of rotatable bonds is 3. The van der Waals surface area contributed by atoms with Gasteiger partial charge in [0.25, 0.3) is 0 Å². The summed E-state index contributed by atoms with van der Waals surface area (Å²) in [5.74, 6) is 0. The van der Waals surface area contributed by atoms with Crippen molar-refractivity contribution in [3.63, 3.8) is 0 Å². The summed E-state index contributed by atoms with van der Waals surface area (Å²) in [5.41, 5.74) is 9.73. The van der Waals surface area contributed by atoms with Crippen molar-refractivity contribution in [3.8, 4) is 20.9 Å². The van der Waals surface area contributed by atoms with E-state index in [0.29, 0.717) is 0 Å². The Labute approximate surface area is 114 Å². The first-order valence-electron chi connectivity index (χ1n) is 5.78. The standard InChI is InChI=1S/C14H13NOS2/c1-2-10-12(9-5-6-16-8-9)14(15)18-13(10)11-4-3-7-17-11/h3-8H,2,15H2,1H3. The molecule has 4 heteroatoms. The Kier molecular flexibility index (Phi) is 2.97. The van der Waals surface area contributed by atoms with E-state index in [1.807, 2.05) is 6.07 Å². The fraction of sp³-hybridized carbons (Fsp3) is 0.143. The molecule has 3 aromatic rings. The molecule has 0 spiro atoms. The third kappa shape index (κ3) is 1.78. The molecule has 0 fully saturated rings. The lowest BCUT2D eigenvalue weighted by Gasteiger charge is -2.02. The van der Waals surface area contributed by atoms with Crippen LogP contribution < -0.4 is 5.73 Å². The van der Waals surface area contributed by atoms with Gasteiger partial charge in [-0.3, -0.25) is 0 Å². The van der Waals surface area contributed by atoms with E-state index in [9.17, 15) is 0 Å². The molecule has 0 amide bonds. The van der Waals surface area contributed by atoms with Crippen LogP contribution in [0.2, 0.25) is 0 Å². The van der Waals surface area contributed by atoms with Crippen molar-refractivity contribution >= 4 is 27.7 Å². The SMILES string of the molecule is CCc1c(-c2cccs2)sc(N)c1-c1ccoc1. The van der Waals surface area contributed by atoms with E-state index in [4.69, 9.17) is 10.2 Å². The number of thiophene rings is 2.